The second-order valence-electron chi connectivity index (χ2n) is 3.84. The summed E-state index contributed by atoms with van der Waals surface area (Å²) in [6, 6.07) is 7.80. The number of nitrogens with one attached hydrogen (secondary N) is 1. The van der Waals surface area contributed by atoms with Gasteiger partial charge in [0.2, 0.25) is 11.8 Å². The molecular weight excluding hydrogens is 178 g/mol. The van der Waals surface area contributed by atoms with E-state index in [-0.39, 0.29) is 23.7 Å². The van der Waals surface area contributed by atoms with Crippen LogP contribution < -0.4 is 5.32 Å². The Bertz CT molecular complexity index is 439. The molecule has 2 amide bonds. The lowest BCUT2D eigenvalue weighted by Crippen LogP contribution is -2.23. The summed E-state index contributed by atoms with van der Waals surface area (Å²) >= 11 is 0. The van der Waals surface area contributed by atoms with E-state index in [2.05, 4.69) is 5.32 Å². The van der Waals surface area contributed by atoms with Crippen molar-refractivity contribution in [1.29, 1.82) is 0 Å². The van der Waals surface area contributed by atoms with Crippen LogP contribution in [0.15, 0.2) is 24.3 Å². The molecule has 0 bridgehead atoms. The van der Waals surface area contributed by atoms with Crippen molar-refractivity contribution in [3.05, 3.63) is 35.4 Å². The summed E-state index contributed by atoms with van der Waals surface area (Å²) in [6.07, 6.45) is 0.707. The van der Waals surface area contributed by atoms with Crippen molar-refractivity contribution in [3.63, 3.8) is 0 Å². The lowest BCUT2D eigenvalue weighted by Gasteiger charge is -2.03. The monoisotopic (exact) mass is 187 g/mol. The molecule has 1 heterocycles. The molecule has 1 aliphatic carbocycles. The van der Waals surface area contributed by atoms with Crippen LogP contribution in [0.3, 0.4) is 0 Å². The molecule has 70 valence electrons. The van der Waals surface area contributed by atoms with Crippen LogP contribution in [0.2, 0.25) is 0 Å². The third-order valence-corrected chi connectivity index (χ3v) is 3.10. The fourth-order valence-electron chi connectivity index (χ4n) is 2.45. The van der Waals surface area contributed by atoms with E-state index in [9.17, 15) is 9.59 Å². The predicted molar refractivity (Wildman–Crippen MR) is 49.5 cm³/mol. The predicted octanol–water partition coefficient (Wildman–Crippen LogP) is 0.599. The van der Waals surface area contributed by atoms with Crippen LogP contribution in [0.5, 0.6) is 0 Å². The highest BCUT2D eigenvalue weighted by Crippen LogP contribution is 2.40. The number of amides is 2. The van der Waals surface area contributed by atoms with Crippen molar-refractivity contribution in [2.24, 2.45) is 5.92 Å². The molecule has 0 saturated carbocycles. The Morgan fingerprint density at radius 1 is 1.14 bits per heavy atom. The zero-order valence-corrected chi connectivity index (χ0v) is 7.49. The highest BCUT2D eigenvalue weighted by atomic mass is 16.2. The van der Waals surface area contributed by atoms with E-state index < -0.39 is 0 Å². The van der Waals surface area contributed by atoms with Gasteiger partial charge in [0, 0.05) is 0 Å². The summed E-state index contributed by atoms with van der Waals surface area (Å²) in [4.78, 5) is 22.9. The minimum Gasteiger partial charge on any atom is -0.296 e. The third-order valence-electron chi connectivity index (χ3n) is 3.10. The summed E-state index contributed by atoms with van der Waals surface area (Å²) in [5.74, 6) is -0.625. The van der Waals surface area contributed by atoms with Crippen LogP contribution in [0.4, 0.5) is 0 Å². The van der Waals surface area contributed by atoms with Crippen LogP contribution in [-0.4, -0.2) is 11.8 Å². The summed E-state index contributed by atoms with van der Waals surface area (Å²) in [5, 5.41) is 2.38. The highest BCUT2D eigenvalue weighted by Gasteiger charge is 2.47. The van der Waals surface area contributed by atoms with Crippen molar-refractivity contribution in [2.45, 2.75) is 12.3 Å². The number of benzene rings is 1. The number of hydrogen-bond donors (Lipinski definition) is 1. The first-order valence-electron chi connectivity index (χ1n) is 4.70. The van der Waals surface area contributed by atoms with E-state index in [1.807, 2.05) is 24.3 Å². The second kappa shape index (κ2) is 2.44. The molecule has 2 atom stereocenters. The molecule has 1 N–H and O–H groups in total. The van der Waals surface area contributed by atoms with Gasteiger partial charge in [-0.15, -0.1) is 0 Å². The van der Waals surface area contributed by atoms with Gasteiger partial charge in [0.05, 0.1) is 11.8 Å². The Labute approximate surface area is 81.1 Å². The maximum absolute atomic E-state index is 11.5. The Morgan fingerprint density at radius 3 is 2.79 bits per heavy atom. The summed E-state index contributed by atoms with van der Waals surface area (Å²) in [5.41, 5.74) is 2.17. The standard InChI is InChI=1S/C11H9NO2/c13-10-8-5-6-3-1-2-4-7(6)9(8)11(14)12-10/h1-4,8-9H,5H2,(H,12,13,14). The molecule has 0 spiro atoms. The van der Waals surface area contributed by atoms with Crippen LogP contribution in [0, 0.1) is 5.92 Å². The van der Waals surface area contributed by atoms with Gasteiger partial charge in [0.25, 0.3) is 0 Å². The number of rotatable bonds is 0. The van der Waals surface area contributed by atoms with Gasteiger partial charge in [-0.1, -0.05) is 24.3 Å². The molecule has 14 heavy (non-hydrogen) atoms. The average molecular weight is 187 g/mol. The first-order valence-corrected chi connectivity index (χ1v) is 4.70. The van der Waals surface area contributed by atoms with Crippen molar-refractivity contribution < 1.29 is 9.59 Å². The first-order chi connectivity index (χ1) is 6.77. The summed E-state index contributed by atoms with van der Waals surface area (Å²) in [6.45, 7) is 0. The second-order valence-corrected chi connectivity index (χ2v) is 3.84. The quantitative estimate of drug-likeness (QED) is 0.604. The van der Waals surface area contributed by atoms with Gasteiger partial charge in [0.1, 0.15) is 0 Å². The fourth-order valence-corrected chi connectivity index (χ4v) is 2.45. The van der Waals surface area contributed by atoms with E-state index in [1.54, 1.807) is 0 Å². The van der Waals surface area contributed by atoms with Gasteiger partial charge >= 0.3 is 0 Å². The normalized spacial score (nSPS) is 28.6. The van der Waals surface area contributed by atoms with Gasteiger partial charge in [-0.25, -0.2) is 0 Å². The van der Waals surface area contributed by atoms with Crippen molar-refractivity contribution in [2.75, 3.05) is 0 Å². The minimum absolute atomic E-state index is 0.115. The molecule has 3 heteroatoms. The first kappa shape index (κ1) is 7.74. The molecule has 0 radical (unpaired) electrons. The minimum atomic E-state index is -0.223. The van der Waals surface area contributed by atoms with Crippen molar-refractivity contribution >= 4 is 11.8 Å². The van der Waals surface area contributed by atoms with E-state index in [4.69, 9.17) is 0 Å². The molecule has 2 aliphatic rings. The number of carbonyl (C=O) groups is 2. The molecule has 3 nitrogen and oxygen atoms in total. The lowest BCUT2D eigenvalue weighted by atomic mass is 9.95. The average Bonchev–Trinajstić information content (AvgIpc) is 2.66. The Hall–Kier alpha value is -1.64. The number of fused-ring (bicyclic) bond motifs is 3. The van der Waals surface area contributed by atoms with Gasteiger partial charge in [-0.05, 0) is 17.5 Å². The SMILES string of the molecule is O=C1NC(=O)C2c3ccccc3CC12. The Kier molecular flexibility index (Phi) is 1.35. The number of hydrogen-bond acceptors (Lipinski definition) is 2. The van der Waals surface area contributed by atoms with Gasteiger partial charge in [0.15, 0.2) is 0 Å². The van der Waals surface area contributed by atoms with E-state index in [0.717, 1.165) is 11.1 Å². The summed E-state index contributed by atoms with van der Waals surface area (Å²) < 4.78 is 0. The molecule has 1 aromatic carbocycles. The lowest BCUT2D eigenvalue weighted by molar-refractivity contribution is -0.125. The van der Waals surface area contributed by atoms with Crippen LogP contribution in [0.25, 0.3) is 0 Å². The topological polar surface area (TPSA) is 46.2 Å². The number of imide groups is 1. The third kappa shape index (κ3) is 0.816. The van der Waals surface area contributed by atoms with E-state index in [1.165, 1.54) is 0 Å². The van der Waals surface area contributed by atoms with Gasteiger partial charge in [-0.3, -0.25) is 14.9 Å². The van der Waals surface area contributed by atoms with E-state index >= 15 is 0 Å². The Balaban J connectivity index is 2.15. The molecule has 1 aromatic rings. The molecule has 0 aromatic heterocycles. The maximum atomic E-state index is 11.5. The van der Waals surface area contributed by atoms with Gasteiger partial charge in [-0.2, -0.15) is 0 Å². The van der Waals surface area contributed by atoms with Crippen LogP contribution >= 0.6 is 0 Å². The zero-order valence-electron chi connectivity index (χ0n) is 7.49. The molecule has 1 aliphatic heterocycles. The highest BCUT2D eigenvalue weighted by molar-refractivity contribution is 6.08. The smallest absolute Gasteiger partial charge is 0.234 e. The molecule has 3 rings (SSSR count). The fraction of sp³-hybridized carbons (Fsp3) is 0.273. The van der Waals surface area contributed by atoms with Crippen molar-refractivity contribution in [1.82, 2.24) is 5.32 Å². The van der Waals surface area contributed by atoms with Gasteiger partial charge < -0.3 is 0 Å². The number of carbonyl (C=O) groups excluding carboxylic acids is 2. The molecule has 1 saturated heterocycles. The van der Waals surface area contributed by atoms with Crippen LogP contribution in [-0.2, 0) is 16.0 Å². The molecule has 1 fully saturated rings. The zero-order chi connectivity index (χ0) is 9.71. The van der Waals surface area contributed by atoms with Crippen LogP contribution in [0.1, 0.15) is 17.0 Å². The summed E-state index contributed by atoms with van der Waals surface area (Å²) in [7, 11) is 0. The molecule has 2 unspecified atom stereocenters. The van der Waals surface area contributed by atoms with E-state index in [0.29, 0.717) is 6.42 Å². The Morgan fingerprint density at radius 2 is 1.93 bits per heavy atom. The largest absolute Gasteiger partial charge is 0.296 e. The van der Waals surface area contributed by atoms with Crippen molar-refractivity contribution in [3.8, 4) is 0 Å². The maximum Gasteiger partial charge on any atom is 0.234 e. The molecular formula is C11H9NO2.